The van der Waals surface area contributed by atoms with Crippen LogP contribution in [0.3, 0.4) is 0 Å². The number of carbonyl (C=O) groups is 6. The van der Waals surface area contributed by atoms with Crippen molar-refractivity contribution in [3.8, 4) is 0 Å². The molecule has 80 heavy (non-hydrogen) atoms. The normalized spacial score (nSPS) is 22.4. The molecule has 2 unspecified atom stereocenters. The average molecular weight is 1170 g/mol. The number of rotatable bonds is 18. The van der Waals surface area contributed by atoms with Gasteiger partial charge in [0.15, 0.2) is 5.71 Å². The molecule has 0 spiro atoms. The standard InChI is InChI=1S/C55H74N6O16S3/c1-54(2)41-37-39(79-77-75-69)25-27-44(41)59-34-17-7-11-23-49(63)58-43(53(67)57-33-15-6-12-24-52(66)73-61-50(64)29-30-51(61)65)19-13-16-32-56-48(62)22-10-5-14-31-55(3)42-38-40(80(70,71)72)26-28-45(42)60(35-18-36-78-76-74-68)47(55)21-9-4-8-20-46(54)59/h4,8-9,20-21,25-28,37-38,43H,5-7,10-19,22-24,29-36H2,1-3H3,(H5-,56,57,58,62,63,67,68,69,70,71,72)/p+1. The second-order valence-corrected chi connectivity index (χ2v) is 23.8. The lowest BCUT2D eigenvalue weighted by atomic mass is 9.77. The van der Waals surface area contributed by atoms with Crippen molar-refractivity contribution in [2.45, 2.75) is 169 Å². The van der Waals surface area contributed by atoms with Crippen molar-refractivity contribution >= 4 is 86.8 Å². The fourth-order valence-electron chi connectivity index (χ4n) is 10.6. The molecule has 0 aromatic heterocycles. The molecule has 4 heterocycles. The maximum Gasteiger partial charge on any atom is 0.333 e. The first-order valence-corrected chi connectivity index (χ1v) is 30.4. The number of allylic oxidation sites excluding steroid dienone is 6. The molecule has 25 heteroatoms. The summed E-state index contributed by atoms with van der Waals surface area (Å²) in [5.41, 5.74) is 4.24. The molecule has 438 valence electrons. The Morgan fingerprint density at radius 2 is 1.56 bits per heavy atom. The van der Waals surface area contributed by atoms with Crippen LogP contribution >= 0.6 is 24.1 Å². The Balaban J connectivity index is 1.20. The smallest absolute Gasteiger partial charge is 0.333 e. The van der Waals surface area contributed by atoms with Gasteiger partial charge in [-0.3, -0.25) is 28.5 Å². The highest BCUT2D eigenvalue weighted by molar-refractivity contribution is 7.94. The third-order valence-corrected chi connectivity index (χ3v) is 16.8. The van der Waals surface area contributed by atoms with Gasteiger partial charge in [0.1, 0.15) is 12.6 Å². The van der Waals surface area contributed by atoms with Crippen LogP contribution in [0.2, 0.25) is 0 Å². The van der Waals surface area contributed by atoms with Gasteiger partial charge in [-0.25, -0.2) is 15.3 Å². The number of hydrogen-bond donors (Lipinski definition) is 6. The van der Waals surface area contributed by atoms with E-state index in [1.165, 1.54) is 12.1 Å². The fourth-order valence-corrected chi connectivity index (χ4v) is 11.9. The summed E-state index contributed by atoms with van der Waals surface area (Å²) in [5.74, 6) is -2.01. The summed E-state index contributed by atoms with van der Waals surface area (Å²) in [4.78, 5) is 83.4. The summed E-state index contributed by atoms with van der Waals surface area (Å²) in [6.45, 7) is 8.11. The first-order chi connectivity index (χ1) is 38.4. The SMILES string of the molecule is CC1(C)C2=[N+](CCCCCC(=O)NC(C(=O)NCCCCCC(=O)ON3C(=O)CCC3=O)CCCCNC(=O)CCCCCC3(C)/C(=C/C=C/C=C/2)N(CCCSOOO)c2ccc(S(=O)(=O)O)cc23)c2ccc(SOOO)cc21. The molecule has 2 atom stereocenters. The largest absolute Gasteiger partial charge is 0.356 e. The Morgan fingerprint density at radius 1 is 0.812 bits per heavy atom. The Morgan fingerprint density at radius 3 is 2.31 bits per heavy atom. The van der Waals surface area contributed by atoms with Crippen LogP contribution in [0.4, 0.5) is 11.4 Å². The molecule has 6 N–H and O–H groups in total. The van der Waals surface area contributed by atoms with Gasteiger partial charge in [0.05, 0.1) is 22.4 Å². The van der Waals surface area contributed by atoms with Crippen molar-refractivity contribution < 1.29 is 80.4 Å². The molecule has 6 rings (SSSR count). The quantitative estimate of drug-likeness (QED) is 0.0155. The lowest BCUT2D eigenvalue weighted by Crippen LogP contribution is -2.47. The van der Waals surface area contributed by atoms with Gasteiger partial charge in [0, 0.05) is 115 Å². The minimum absolute atomic E-state index is 0.00424. The van der Waals surface area contributed by atoms with Crippen molar-refractivity contribution in [1.29, 1.82) is 0 Å². The first kappa shape index (κ1) is 63.7. The number of amides is 5. The van der Waals surface area contributed by atoms with E-state index < -0.39 is 44.8 Å². The van der Waals surface area contributed by atoms with Gasteiger partial charge in [0.25, 0.3) is 21.9 Å². The number of nitrogens with one attached hydrogen (secondary N) is 3. The van der Waals surface area contributed by atoms with Crippen molar-refractivity contribution in [1.82, 2.24) is 21.0 Å². The van der Waals surface area contributed by atoms with Crippen LogP contribution in [0.5, 0.6) is 0 Å². The molecule has 4 aliphatic heterocycles. The minimum atomic E-state index is -4.54. The van der Waals surface area contributed by atoms with Crippen molar-refractivity contribution in [3.05, 3.63) is 83.6 Å². The molecule has 0 aliphatic carbocycles. The lowest BCUT2D eigenvalue weighted by Gasteiger charge is -2.30. The molecule has 0 saturated carbocycles. The van der Waals surface area contributed by atoms with Crippen molar-refractivity contribution in [2.75, 3.05) is 36.8 Å². The highest BCUT2D eigenvalue weighted by Gasteiger charge is 2.45. The molecule has 22 nitrogen and oxygen atoms in total. The molecule has 1 fully saturated rings. The van der Waals surface area contributed by atoms with Crippen LogP contribution in [0.1, 0.15) is 154 Å². The summed E-state index contributed by atoms with van der Waals surface area (Å²) < 4.78 is 46.9. The predicted molar refractivity (Wildman–Crippen MR) is 298 cm³/mol. The van der Waals surface area contributed by atoms with Gasteiger partial charge >= 0.3 is 5.97 Å². The van der Waals surface area contributed by atoms with Gasteiger partial charge < -0.3 is 25.7 Å². The van der Waals surface area contributed by atoms with E-state index in [2.05, 4.69) is 66.7 Å². The Kier molecular flexibility index (Phi) is 24.8. The number of fused-ring (bicyclic) bond motifs is 5. The zero-order chi connectivity index (χ0) is 57.7. The van der Waals surface area contributed by atoms with E-state index >= 15 is 0 Å². The Hall–Kier alpha value is -5.48. The van der Waals surface area contributed by atoms with Gasteiger partial charge in [-0.05, 0) is 127 Å². The lowest BCUT2D eigenvalue weighted by molar-refractivity contribution is -0.438. The maximum absolute atomic E-state index is 13.6. The highest BCUT2D eigenvalue weighted by Crippen LogP contribution is 2.51. The number of hydrogen-bond acceptors (Lipinski definition) is 18. The van der Waals surface area contributed by atoms with Crippen molar-refractivity contribution in [2.24, 2.45) is 0 Å². The first-order valence-electron chi connectivity index (χ1n) is 27.3. The number of hydroxylamine groups is 2. The summed E-state index contributed by atoms with van der Waals surface area (Å²) >= 11 is 1.82. The van der Waals surface area contributed by atoms with E-state index in [1.54, 1.807) is 6.07 Å². The molecule has 0 bridgehead atoms. The highest BCUT2D eigenvalue weighted by atomic mass is 32.2. The Labute approximate surface area is 475 Å². The summed E-state index contributed by atoms with van der Waals surface area (Å²) in [6, 6.07) is 9.70. The fraction of sp³-hybridized carbons (Fsp3) is 0.545. The van der Waals surface area contributed by atoms with Crippen LogP contribution in [0, 0.1) is 0 Å². The number of anilines is 1. The van der Waals surface area contributed by atoms with Gasteiger partial charge in [-0.15, -0.1) is 13.7 Å². The van der Waals surface area contributed by atoms with Gasteiger partial charge in [-0.2, -0.15) is 13.0 Å². The van der Waals surface area contributed by atoms with E-state index in [9.17, 15) is 41.7 Å². The van der Waals surface area contributed by atoms with E-state index in [4.69, 9.17) is 19.7 Å². The molecule has 2 aromatic carbocycles. The molecule has 2 aromatic rings. The predicted octanol–water partition coefficient (Wildman–Crippen LogP) is 8.55. The molecule has 4 aliphatic rings. The van der Waals surface area contributed by atoms with E-state index in [-0.39, 0.29) is 54.7 Å². The number of nitrogens with zero attached hydrogens (tertiary/aromatic N) is 3. The summed E-state index contributed by atoms with van der Waals surface area (Å²) in [7, 11) is -4.54. The molecule has 0 radical (unpaired) electrons. The zero-order valence-corrected chi connectivity index (χ0v) is 48.1. The average Bonchev–Trinajstić information content (AvgIpc) is 4.07. The summed E-state index contributed by atoms with van der Waals surface area (Å²) in [6.07, 6.45) is 18.5. The number of imide groups is 1. The van der Waals surface area contributed by atoms with E-state index in [0.717, 1.165) is 64.4 Å². The molecule has 5 amide bonds. The van der Waals surface area contributed by atoms with Crippen LogP contribution in [0.15, 0.2) is 82.3 Å². The second kappa shape index (κ2) is 31.1. The van der Waals surface area contributed by atoms with Crippen LogP contribution < -0.4 is 20.9 Å². The van der Waals surface area contributed by atoms with Crippen LogP contribution in [-0.2, 0) is 73.3 Å². The zero-order valence-electron chi connectivity index (χ0n) is 45.6. The van der Waals surface area contributed by atoms with Gasteiger partial charge in [-0.1, -0.05) is 47.6 Å². The van der Waals surface area contributed by atoms with E-state index in [1.807, 2.05) is 42.5 Å². The third kappa shape index (κ3) is 17.8. The molecule has 1 saturated heterocycles. The molecular formula is C55H75N6O16S3+. The maximum atomic E-state index is 13.6. The monoisotopic (exact) mass is 1170 g/mol. The third-order valence-electron chi connectivity index (χ3n) is 14.8. The van der Waals surface area contributed by atoms with Gasteiger partial charge in [0.2, 0.25) is 23.4 Å². The minimum Gasteiger partial charge on any atom is -0.356 e. The molecular weight excluding hydrogens is 1100 g/mol. The number of carbonyl (C=O) groups excluding carboxylic acids is 6. The number of unbranched alkanes of at least 4 members (excludes halogenated alkanes) is 2. The van der Waals surface area contributed by atoms with Crippen molar-refractivity contribution in [3.63, 3.8) is 0 Å². The second-order valence-electron chi connectivity index (χ2n) is 20.8. The van der Waals surface area contributed by atoms with Crippen LogP contribution in [0.25, 0.3) is 0 Å². The number of benzene rings is 2. The summed E-state index contributed by atoms with van der Waals surface area (Å²) in [5, 5.41) is 34.6. The topological polar surface area (TPSA) is 289 Å². The Bertz CT molecular complexity index is 2750. The van der Waals surface area contributed by atoms with E-state index in [0.29, 0.717) is 125 Å². The van der Waals surface area contributed by atoms with Crippen LogP contribution in [-0.4, -0.2) is 112 Å².